The zero-order valence-electron chi connectivity index (χ0n) is 18.5. The molecule has 0 aliphatic carbocycles. The minimum absolute atomic E-state index is 0.141. The van der Waals surface area contributed by atoms with Crippen LogP contribution in [-0.4, -0.2) is 43.7 Å². The monoisotopic (exact) mass is 444 g/mol. The van der Waals surface area contributed by atoms with Gasteiger partial charge in [-0.15, -0.1) is 0 Å². The zero-order valence-corrected chi connectivity index (χ0v) is 18.5. The van der Waals surface area contributed by atoms with Crippen LogP contribution in [0.1, 0.15) is 50.2 Å². The largest absolute Gasteiger partial charge is 0.438 e. The zero-order chi connectivity index (χ0) is 23.3. The number of aryl methyl sites for hydroxylation is 3. The lowest BCUT2D eigenvalue weighted by molar-refractivity contribution is -0.179. The van der Waals surface area contributed by atoms with Crippen LogP contribution >= 0.6 is 0 Å². The van der Waals surface area contributed by atoms with Crippen molar-refractivity contribution in [2.24, 2.45) is 0 Å². The summed E-state index contributed by atoms with van der Waals surface area (Å²) in [6, 6.07) is 3.92. The molecule has 0 fully saturated rings. The van der Waals surface area contributed by atoms with Crippen molar-refractivity contribution in [2.45, 2.75) is 65.7 Å². The number of ether oxygens (including phenoxy) is 2. The molecule has 3 rings (SSSR count). The van der Waals surface area contributed by atoms with E-state index in [-0.39, 0.29) is 30.7 Å². The van der Waals surface area contributed by atoms with Crippen molar-refractivity contribution in [3.63, 3.8) is 0 Å². The lowest BCUT2D eigenvalue weighted by atomic mass is 10.1. The van der Waals surface area contributed by atoms with Gasteiger partial charge in [-0.3, -0.25) is 14.6 Å². The number of nitrogens with one attached hydrogen (secondary N) is 1. The van der Waals surface area contributed by atoms with Crippen molar-refractivity contribution in [1.82, 2.24) is 19.5 Å². The molecule has 0 amide bonds. The molecule has 10 heteroatoms. The van der Waals surface area contributed by atoms with E-state index in [0.717, 1.165) is 35.9 Å². The van der Waals surface area contributed by atoms with Gasteiger partial charge in [0, 0.05) is 13.0 Å². The molecule has 1 aromatic carbocycles. The quantitative estimate of drug-likeness (QED) is 0.210. The molecule has 2 aliphatic heterocycles. The van der Waals surface area contributed by atoms with Gasteiger partial charge in [0.05, 0.1) is 11.0 Å². The summed E-state index contributed by atoms with van der Waals surface area (Å²) in [4.78, 5) is 46.4. The molecule has 2 heterocycles. The van der Waals surface area contributed by atoms with Crippen LogP contribution < -0.4 is 11.2 Å². The molecule has 172 valence electrons. The van der Waals surface area contributed by atoms with Crippen LogP contribution in [0.25, 0.3) is 22.6 Å². The van der Waals surface area contributed by atoms with Crippen LogP contribution in [0.2, 0.25) is 0 Å². The Morgan fingerprint density at radius 1 is 1.12 bits per heavy atom. The van der Waals surface area contributed by atoms with Gasteiger partial charge in [-0.2, -0.15) is 4.98 Å². The summed E-state index contributed by atoms with van der Waals surface area (Å²) in [6.07, 6.45) is 2.38. The van der Waals surface area contributed by atoms with Gasteiger partial charge in [0.15, 0.2) is 24.6 Å². The van der Waals surface area contributed by atoms with Crippen molar-refractivity contribution >= 4 is 17.0 Å². The van der Waals surface area contributed by atoms with Crippen LogP contribution in [0.4, 0.5) is 0 Å². The number of benzene rings is 1. The van der Waals surface area contributed by atoms with Crippen molar-refractivity contribution in [3.05, 3.63) is 44.1 Å². The number of fused-ring (bicyclic) bond motifs is 2. The minimum atomic E-state index is -0.976. The minimum Gasteiger partial charge on any atom is -0.438 e. The van der Waals surface area contributed by atoms with Gasteiger partial charge >= 0.3 is 11.7 Å². The summed E-state index contributed by atoms with van der Waals surface area (Å²) >= 11 is 0. The Kier molecular flexibility index (Phi) is 7.70. The molecule has 0 saturated carbocycles. The smallest absolute Gasteiger partial charge is 0.349 e. The summed E-state index contributed by atoms with van der Waals surface area (Å²) in [5, 5.41) is 8.96. The summed E-state index contributed by atoms with van der Waals surface area (Å²) in [5.41, 5.74) is 2.53. The van der Waals surface area contributed by atoms with E-state index in [4.69, 9.17) is 14.6 Å². The van der Waals surface area contributed by atoms with E-state index < -0.39 is 17.5 Å². The summed E-state index contributed by atoms with van der Waals surface area (Å²) in [6.45, 7) is 5.71. The van der Waals surface area contributed by atoms with Gasteiger partial charge < -0.3 is 19.1 Å². The van der Waals surface area contributed by atoms with E-state index in [1.165, 1.54) is 6.92 Å². The molecule has 0 saturated heterocycles. The number of aromatic amines is 1. The lowest BCUT2D eigenvalue weighted by Gasteiger charge is -2.17. The number of rotatable bonds is 10. The number of unbranched alkanes of at least 4 members (excludes halogenated alkanes) is 3. The van der Waals surface area contributed by atoms with Crippen LogP contribution in [-0.2, 0) is 20.8 Å². The van der Waals surface area contributed by atoms with E-state index in [0.29, 0.717) is 18.5 Å². The number of esters is 1. The fourth-order valence-electron chi connectivity index (χ4n) is 3.44. The number of carbonyl (C=O) groups is 1. The van der Waals surface area contributed by atoms with Crippen LogP contribution in [0.3, 0.4) is 0 Å². The molecular formula is C22H28N4O6. The van der Waals surface area contributed by atoms with Gasteiger partial charge in [0.25, 0.3) is 5.56 Å². The molecule has 2 N–H and O–H groups in total. The first-order valence-corrected chi connectivity index (χ1v) is 10.6. The fraction of sp³-hybridized carbons (Fsp3) is 0.500. The Labute approximate surface area is 184 Å². The molecule has 0 radical (unpaired) electrons. The summed E-state index contributed by atoms with van der Waals surface area (Å²) < 4.78 is 11.5. The summed E-state index contributed by atoms with van der Waals surface area (Å²) in [7, 11) is 0. The van der Waals surface area contributed by atoms with Gasteiger partial charge in [0.2, 0.25) is 0 Å². The molecule has 1 unspecified atom stereocenters. The molecule has 0 aromatic heterocycles. The highest BCUT2D eigenvalue weighted by Crippen LogP contribution is 2.24. The first kappa shape index (κ1) is 23.6. The van der Waals surface area contributed by atoms with Crippen molar-refractivity contribution in [3.8, 4) is 11.5 Å². The number of hydrogen-bond donors (Lipinski definition) is 2. The summed E-state index contributed by atoms with van der Waals surface area (Å²) in [5.74, 6) is -0.0976. The molecule has 1 atom stereocenters. The SMILES string of the molecule is Cc1cc2nc3c(=O)[nH]c(=O)nc-3n(CCCCCCC(=O)OCOC(C)O)c2cc1C. The number of H-pyrrole nitrogens is 1. The second-order valence-corrected chi connectivity index (χ2v) is 7.80. The molecule has 1 aromatic rings. The highest BCUT2D eigenvalue weighted by atomic mass is 16.7. The third-order valence-electron chi connectivity index (χ3n) is 5.27. The maximum absolute atomic E-state index is 12.3. The maximum Gasteiger partial charge on any atom is 0.349 e. The maximum atomic E-state index is 12.3. The van der Waals surface area contributed by atoms with Crippen LogP contribution in [0, 0.1) is 13.8 Å². The second kappa shape index (κ2) is 10.5. The van der Waals surface area contributed by atoms with Gasteiger partial charge in [-0.1, -0.05) is 12.8 Å². The Bertz CT molecular complexity index is 1180. The lowest BCUT2D eigenvalue weighted by Crippen LogP contribution is -2.29. The number of aliphatic hydroxyl groups excluding tert-OH is 1. The Morgan fingerprint density at radius 2 is 1.84 bits per heavy atom. The average molecular weight is 444 g/mol. The topological polar surface area (TPSA) is 136 Å². The molecule has 32 heavy (non-hydrogen) atoms. The second-order valence-electron chi connectivity index (χ2n) is 7.80. The molecule has 0 bridgehead atoms. The van der Waals surface area contributed by atoms with E-state index in [1.54, 1.807) is 0 Å². The standard InChI is InChI=1S/C22H28N4O6/c1-13-10-16-17(11-14(13)2)26(20-19(23-16)21(29)25-22(30)24-20)9-7-5-4-6-8-18(28)32-12-31-15(3)27/h10-11,15,27H,4-9,12H2,1-3H3,(H,25,29,30). The third-order valence-corrected chi connectivity index (χ3v) is 5.27. The van der Waals surface area contributed by atoms with Crippen LogP contribution in [0.15, 0.2) is 21.7 Å². The molecule has 2 aliphatic rings. The van der Waals surface area contributed by atoms with E-state index in [1.807, 2.05) is 30.5 Å². The van der Waals surface area contributed by atoms with Gasteiger partial charge in [-0.25, -0.2) is 9.78 Å². The first-order chi connectivity index (χ1) is 15.3. The van der Waals surface area contributed by atoms with Crippen molar-refractivity contribution < 1.29 is 19.4 Å². The Morgan fingerprint density at radius 3 is 2.59 bits per heavy atom. The highest BCUT2D eigenvalue weighted by Gasteiger charge is 2.19. The van der Waals surface area contributed by atoms with Crippen molar-refractivity contribution in [2.75, 3.05) is 6.79 Å². The van der Waals surface area contributed by atoms with Crippen LogP contribution in [0.5, 0.6) is 0 Å². The number of nitrogens with zero attached hydrogens (tertiary/aromatic N) is 3. The van der Waals surface area contributed by atoms with Crippen molar-refractivity contribution in [1.29, 1.82) is 0 Å². The Balaban J connectivity index is 1.67. The third kappa shape index (κ3) is 5.77. The highest BCUT2D eigenvalue weighted by molar-refractivity contribution is 5.81. The molecule has 10 nitrogen and oxygen atoms in total. The van der Waals surface area contributed by atoms with Gasteiger partial charge in [0.1, 0.15) is 0 Å². The normalized spacial score (nSPS) is 12.4. The van der Waals surface area contributed by atoms with E-state index in [9.17, 15) is 14.4 Å². The predicted molar refractivity (Wildman–Crippen MR) is 117 cm³/mol. The number of aromatic nitrogens is 4. The van der Waals surface area contributed by atoms with Gasteiger partial charge in [-0.05, 0) is 56.9 Å². The van der Waals surface area contributed by atoms with E-state index in [2.05, 4.69) is 15.0 Å². The molecular weight excluding hydrogens is 416 g/mol. The predicted octanol–water partition coefficient (Wildman–Crippen LogP) is 2.01. The number of aliphatic hydroxyl groups is 1. The number of carbonyl (C=O) groups excluding carboxylic acids is 1. The first-order valence-electron chi connectivity index (χ1n) is 10.6. The average Bonchev–Trinajstić information content (AvgIpc) is 2.71. The fourth-order valence-corrected chi connectivity index (χ4v) is 3.44. The Hall–Kier alpha value is -3.11. The van der Waals surface area contributed by atoms with E-state index >= 15 is 0 Å². The molecule has 0 spiro atoms. The number of hydrogen-bond acceptors (Lipinski definition) is 8.